The molecule has 64 valence electrons. The molecule has 1 heteroatoms. The Morgan fingerprint density at radius 2 is 2.09 bits per heavy atom. The number of hydrogen-bond acceptors (Lipinski definition) is 1. The Morgan fingerprint density at radius 3 is 2.45 bits per heavy atom. The lowest BCUT2D eigenvalue weighted by atomic mass is 10.00. The van der Waals surface area contributed by atoms with E-state index in [2.05, 4.69) is 13.8 Å². The van der Waals surface area contributed by atoms with Crippen molar-refractivity contribution in [3.05, 3.63) is 12.2 Å². The Bertz CT molecular complexity index is 136. The number of carbonyl (C=O) groups excluding carboxylic acids is 1. The summed E-state index contributed by atoms with van der Waals surface area (Å²) in [5, 5.41) is 0. The Morgan fingerprint density at radius 1 is 1.45 bits per heavy atom. The lowest BCUT2D eigenvalue weighted by molar-refractivity contribution is -0.112. The third-order valence-corrected chi connectivity index (χ3v) is 1.79. The van der Waals surface area contributed by atoms with Gasteiger partial charge in [0.1, 0.15) is 0 Å². The van der Waals surface area contributed by atoms with Gasteiger partial charge in [-0.25, -0.2) is 0 Å². The molecule has 0 radical (unpaired) electrons. The van der Waals surface area contributed by atoms with Crippen molar-refractivity contribution in [2.75, 3.05) is 0 Å². The molecule has 0 bridgehead atoms. The predicted molar refractivity (Wildman–Crippen MR) is 48.5 cm³/mol. The van der Waals surface area contributed by atoms with Crippen LogP contribution in [-0.4, -0.2) is 5.78 Å². The van der Waals surface area contributed by atoms with Crippen molar-refractivity contribution in [1.29, 1.82) is 0 Å². The van der Waals surface area contributed by atoms with E-state index in [4.69, 9.17) is 0 Å². The van der Waals surface area contributed by atoms with E-state index in [9.17, 15) is 4.79 Å². The highest BCUT2D eigenvalue weighted by molar-refractivity contribution is 5.87. The zero-order chi connectivity index (χ0) is 8.69. The molecule has 11 heavy (non-hydrogen) atoms. The molecule has 1 atom stereocenters. The van der Waals surface area contributed by atoms with Gasteiger partial charge in [0.05, 0.1) is 0 Å². The lowest BCUT2D eigenvalue weighted by Crippen LogP contribution is -1.94. The molecule has 0 saturated heterocycles. The molecular weight excluding hydrogens is 136 g/mol. The van der Waals surface area contributed by atoms with Gasteiger partial charge in [-0.2, -0.15) is 0 Å². The van der Waals surface area contributed by atoms with Gasteiger partial charge in [0.25, 0.3) is 0 Å². The second-order valence-electron chi connectivity index (χ2n) is 2.93. The molecule has 0 aliphatic rings. The number of rotatable bonds is 5. The summed E-state index contributed by atoms with van der Waals surface area (Å²) in [6.07, 6.45) is 7.24. The summed E-state index contributed by atoms with van der Waals surface area (Å²) in [6.45, 7) is 5.92. The van der Waals surface area contributed by atoms with E-state index < -0.39 is 0 Å². The number of hydrogen-bond donors (Lipinski definition) is 0. The van der Waals surface area contributed by atoms with E-state index in [-0.39, 0.29) is 5.78 Å². The predicted octanol–water partition coefficient (Wildman–Crippen LogP) is 2.96. The van der Waals surface area contributed by atoms with Crippen molar-refractivity contribution in [3.8, 4) is 0 Å². The molecule has 0 amide bonds. The molecule has 1 nitrogen and oxygen atoms in total. The van der Waals surface area contributed by atoms with Crippen molar-refractivity contribution in [3.63, 3.8) is 0 Å². The smallest absolute Gasteiger partial charge is 0.152 e. The van der Waals surface area contributed by atoms with Crippen LogP contribution in [0, 0.1) is 5.92 Å². The summed E-state index contributed by atoms with van der Waals surface area (Å²) in [5.41, 5.74) is 0. The van der Waals surface area contributed by atoms with Crippen molar-refractivity contribution >= 4 is 5.78 Å². The average molecular weight is 154 g/mol. The maximum Gasteiger partial charge on any atom is 0.152 e. The summed E-state index contributed by atoms with van der Waals surface area (Å²) in [7, 11) is 0. The standard InChI is InChI=1S/C10H18O/c1-4-6-10(5-2)8-7-9(3)11/h7-8,10H,4-6H2,1-3H3/b8-7+. The molecule has 0 rings (SSSR count). The fourth-order valence-electron chi connectivity index (χ4n) is 1.08. The van der Waals surface area contributed by atoms with Crippen LogP contribution in [0.15, 0.2) is 12.2 Å². The summed E-state index contributed by atoms with van der Waals surface area (Å²) in [4.78, 5) is 10.6. The van der Waals surface area contributed by atoms with Crippen LogP contribution in [0.5, 0.6) is 0 Å². The molecule has 0 spiro atoms. The minimum absolute atomic E-state index is 0.152. The van der Waals surface area contributed by atoms with Crippen molar-refractivity contribution in [2.24, 2.45) is 5.92 Å². The minimum Gasteiger partial charge on any atom is -0.295 e. The Balaban J connectivity index is 3.76. The van der Waals surface area contributed by atoms with Crippen LogP contribution in [-0.2, 0) is 4.79 Å². The summed E-state index contributed by atoms with van der Waals surface area (Å²) in [5.74, 6) is 0.753. The first-order chi connectivity index (χ1) is 5.20. The maximum atomic E-state index is 10.6. The molecule has 0 aromatic carbocycles. The molecule has 0 aromatic heterocycles. The van der Waals surface area contributed by atoms with Crippen molar-refractivity contribution in [1.82, 2.24) is 0 Å². The molecule has 1 unspecified atom stereocenters. The fourth-order valence-corrected chi connectivity index (χ4v) is 1.08. The van der Waals surface area contributed by atoms with E-state index in [1.807, 2.05) is 6.08 Å². The van der Waals surface area contributed by atoms with Crippen LogP contribution in [0.25, 0.3) is 0 Å². The largest absolute Gasteiger partial charge is 0.295 e. The zero-order valence-corrected chi connectivity index (χ0v) is 7.76. The number of allylic oxidation sites excluding steroid dienone is 2. The van der Waals surface area contributed by atoms with E-state index in [1.54, 1.807) is 13.0 Å². The van der Waals surface area contributed by atoms with Gasteiger partial charge >= 0.3 is 0 Å². The Kier molecular flexibility index (Phi) is 5.81. The van der Waals surface area contributed by atoms with Gasteiger partial charge in [0.2, 0.25) is 0 Å². The van der Waals surface area contributed by atoms with Gasteiger partial charge in [-0.05, 0) is 31.8 Å². The highest BCUT2D eigenvalue weighted by Gasteiger charge is 1.98. The van der Waals surface area contributed by atoms with Crippen LogP contribution in [0.2, 0.25) is 0 Å². The highest BCUT2D eigenvalue weighted by atomic mass is 16.1. The monoisotopic (exact) mass is 154 g/mol. The van der Waals surface area contributed by atoms with E-state index in [0.29, 0.717) is 5.92 Å². The van der Waals surface area contributed by atoms with E-state index in [0.717, 1.165) is 6.42 Å². The molecule has 0 aliphatic heterocycles. The van der Waals surface area contributed by atoms with Crippen molar-refractivity contribution < 1.29 is 4.79 Å². The zero-order valence-electron chi connectivity index (χ0n) is 7.76. The third kappa shape index (κ3) is 5.84. The van der Waals surface area contributed by atoms with Gasteiger partial charge in [-0.1, -0.05) is 26.3 Å². The van der Waals surface area contributed by atoms with E-state index in [1.165, 1.54) is 12.8 Å². The van der Waals surface area contributed by atoms with Gasteiger partial charge in [-0.3, -0.25) is 4.79 Å². The first kappa shape index (κ1) is 10.4. The molecule has 0 aliphatic carbocycles. The summed E-state index contributed by atoms with van der Waals surface area (Å²) in [6, 6.07) is 0. The summed E-state index contributed by atoms with van der Waals surface area (Å²) < 4.78 is 0. The van der Waals surface area contributed by atoms with Crippen LogP contribution in [0.4, 0.5) is 0 Å². The SMILES string of the molecule is CCCC(/C=C/C(C)=O)CC. The van der Waals surface area contributed by atoms with Crippen LogP contribution in [0.3, 0.4) is 0 Å². The quantitative estimate of drug-likeness (QED) is 0.556. The van der Waals surface area contributed by atoms with Crippen LogP contribution in [0.1, 0.15) is 40.0 Å². The third-order valence-electron chi connectivity index (χ3n) is 1.79. The van der Waals surface area contributed by atoms with Crippen molar-refractivity contribution in [2.45, 2.75) is 40.0 Å². The second-order valence-corrected chi connectivity index (χ2v) is 2.93. The van der Waals surface area contributed by atoms with Crippen LogP contribution < -0.4 is 0 Å². The normalized spacial score (nSPS) is 13.7. The first-order valence-electron chi connectivity index (χ1n) is 4.39. The fraction of sp³-hybridized carbons (Fsp3) is 0.700. The molecule has 0 fully saturated rings. The lowest BCUT2D eigenvalue weighted by Gasteiger charge is -2.06. The highest BCUT2D eigenvalue weighted by Crippen LogP contribution is 2.11. The molecule has 0 heterocycles. The van der Waals surface area contributed by atoms with Gasteiger partial charge in [0.15, 0.2) is 5.78 Å². The summed E-state index contributed by atoms with van der Waals surface area (Å²) >= 11 is 0. The van der Waals surface area contributed by atoms with Gasteiger partial charge in [-0.15, -0.1) is 0 Å². The Labute approximate surface area is 69.5 Å². The molecule has 0 N–H and O–H groups in total. The maximum absolute atomic E-state index is 10.6. The average Bonchev–Trinajstić information content (AvgIpc) is 1.97. The molecular formula is C10H18O. The van der Waals surface area contributed by atoms with Gasteiger partial charge in [0, 0.05) is 0 Å². The topological polar surface area (TPSA) is 17.1 Å². The first-order valence-corrected chi connectivity index (χ1v) is 4.39. The number of carbonyl (C=O) groups is 1. The molecule has 0 aromatic rings. The number of ketones is 1. The minimum atomic E-state index is 0.152. The van der Waals surface area contributed by atoms with Crippen LogP contribution >= 0.6 is 0 Å². The second kappa shape index (κ2) is 6.14. The Hall–Kier alpha value is -0.590. The van der Waals surface area contributed by atoms with Gasteiger partial charge < -0.3 is 0 Å². The van der Waals surface area contributed by atoms with E-state index >= 15 is 0 Å². The molecule has 0 saturated carbocycles.